The van der Waals surface area contributed by atoms with Crippen LogP contribution in [0.1, 0.15) is 39.5 Å². The van der Waals surface area contributed by atoms with Gasteiger partial charge in [0.05, 0.1) is 5.02 Å². The number of hydrogen-bond donors (Lipinski definition) is 1. The standard InChI is InChI=1S/C17H24Cl2N2O3S/c1-3-4-12(2)20-17(22)13-7-9-21(10-8-13)25(23,24)16-11-14(18)5-6-15(16)19/h5-6,11-13H,3-4,7-10H2,1-2H3,(H,20,22). The highest BCUT2D eigenvalue weighted by atomic mass is 35.5. The molecule has 1 heterocycles. The second kappa shape index (κ2) is 8.71. The first-order chi connectivity index (χ1) is 11.8. The Morgan fingerprint density at radius 3 is 2.56 bits per heavy atom. The lowest BCUT2D eigenvalue weighted by atomic mass is 9.96. The van der Waals surface area contributed by atoms with Crippen LogP contribution in [-0.4, -0.2) is 37.8 Å². The molecular formula is C17H24Cl2N2O3S. The predicted molar refractivity (Wildman–Crippen MR) is 100 cm³/mol. The van der Waals surface area contributed by atoms with E-state index in [9.17, 15) is 13.2 Å². The van der Waals surface area contributed by atoms with Gasteiger partial charge in [-0.25, -0.2) is 8.42 Å². The summed E-state index contributed by atoms with van der Waals surface area (Å²) in [6.07, 6.45) is 2.95. The maximum atomic E-state index is 12.8. The minimum Gasteiger partial charge on any atom is -0.353 e. The maximum Gasteiger partial charge on any atom is 0.244 e. The van der Waals surface area contributed by atoms with Crippen LogP contribution in [-0.2, 0) is 14.8 Å². The van der Waals surface area contributed by atoms with Crippen molar-refractivity contribution in [2.75, 3.05) is 13.1 Å². The van der Waals surface area contributed by atoms with E-state index in [-0.39, 0.29) is 27.8 Å². The molecular weight excluding hydrogens is 383 g/mol. The first kappa shape index (κ1) is 20.5. The van der Waals surface area contributed by atoms with E-state index in [1.807, 2.05) is 6.92 Å². The number of piperidine rings is 1. The van der Waals surface area contributed by atoms with Crippen LogP contribution in [0.15, 0.2) is 23.1 Å². The van der Waals surface area contributed by atoms with Crippen LogP contribution in [0.25, 0.3) is 0 Å². The van der Waals surface area contributed by atoms with Gasteiger partial charge in [0, 0.05) is 30.1 Å². The van der Waals surface area contributed by atoms with Gasteiger partial charge in [0.1, 0.15) is 4.90 Å². The lowest BCUT2D eigenvalue weighted by Gasteiger charge is -2.31. The topological polar surface area (TPSA) is 66.5 Å². The molecule has 8 heteroatoms. The fourth-order valence-corrected chi connectivity index (χ4v) is 5.25. The van der Waals surface area contributed by atoms with Gasteiger partial charge in [-0.1, -0.05) is 36.5 Å². The summed E-state index contributed by atoms with van der Waals surface area (Å²) in [7, 11) is -3.71. The third-order valence-corrected chi connectivity index (χ3v) is 7.06. The zero-order chi connectivity index (χ0) is 18.6. The van der Waals surface area contributed by atoms with E-state index in [1.165, 1.54) is 16.4 Å². The summed E-state index contributed by atoms with van der Waals surface area (Å²) < 4.78 is 26.9. The summed E-state index contributed by atoms with van der Waals surface area (Å²) in [5.74, 6) is -0.139. The third-order valence-electron chi connectivity index (χ3n) is 4.45. The Bertz CT molecular complexity index is 717. The van der Waals surface area contributed by atoms with Gasteiger partial charge in [-0.05, 0) is 44.4 Å². The van der Waals surface area contributed by atoms with Crippen molar-refractivity contribution in [1.29, 1.82) is 0 Å². The Balaban J connectivity index is 2.01. The number of halogens is 2. The summed E-state index contributed by atoms with van der Waals surface area (Å²) in [6, 6.07) is 4.54. The number of carbonyl (C=O) groups is 1. The zero-order valence-corrected chi connectivity index (χ0v) is 16.8. The highest BCUT2D eigenvalue weighted by Crippen LogP contribution is 2.30. The van der Waals surface area contributed by atoms with E-state index >= 15 is 0 Å². The van der Waals surface area contributed by atoms with Crippen molar-refractivity contribution in [1.82, 2.24) is 9.62 Å². The largest absolute Gasteiger partial charge is 0.353 e. The SMILES string of the molecule is CCCC(C)NC(=O)C1CCN(S(=O)(=O)c2cc(Cl)ccc2Cl)CC1. The summed E-state index contributed by atoms with van der Waals surface area (Å²) in [6.45, 7) is 4.66. The molecule has 1 aromatic carbocycles. The molecule has 5 nitrogen and oxygen atoms in total. The van der Waals surface area contributed by atoms with Crippen LogP contribution in [0, 0.1) is 5.92 Å². The third kappa shape index (κ3) is 5.09. The predicted octanol–water partition coefficient (Wildman–Crippen LogP) is 3.70. The number of nitrogens with zero attached hydrogens (tertiary/aromatic N) is 1. The molecule has 1 saturated heterocycles. The van der Waals surface area contributed by atoms with Crippen molar-refractivity contribution in [3.8, 4) is 0 Å². The van der Waals surface area contributed by atoms with Gasteiger partial charge in [0.15, 0.2) is 0 Å². The monoisotopic (exact) mass is 406 g/mol. The number of rotatable bonds is 6. The van der Waals surface area contributed by atoms with E-state index in [0.717, 1.165) is 12.8 Å². The molecule has 0 aromatic heterocycles. The fourth-order valence-electron chi connectivity index (χ4n) is 3.04. The highest BCUT2D eigenvalue weighted by molar-refractivity contribution is 7.89. The first-order valence-electron chi connectivity index (χ1n) is 8.51. The van der Waals surface area contributed by atoms with Crippen LogP contribution in [0.3, 0.4) is 0 Å². The van der Waals surface area contributed by atoms with Gasteiger partial charge in [-0.15, -0.1) is 0 Å². The van der Waals surface area contributed by atoms with Gasteiger partial charge in [-0.3, -0.25) is 4.79 Å². The molecule has 0 bridgehead atoms. The number of nitrogens with one attached hydrogen (secondary N) is 1. The van der Waals surface area contributed by atoms with Crippen molar-refractivity contribution in [2.45, 2.75) is 50.5 Å². The van der Waals surface area contributed by atoms with Crippen LogP contribution in [0.5, 0.6) is 0 Å². The van der Waals surface area contributed by atoms with Crippen LogP contribution < -0.4 is 5.32 Å². The minimum absolute atomic E-state index is 0.0128. The second-order valence-corrected chi connectivity index (χ2v) is 9.20. The summed E-state index contributed by atoms with van der Waals surface area (Å²) >= 11 is 11.9. The molecule has 1 amide bonds. The van der Waals surface area contributed by atoms with Gasteiger partial charge in [0.25, 0.3) is 0 Å². The Morgan fingerprint density at radius 1 is 1.32 bits per heavy atom. The molecule has 0 saturated carbocycles. The average Bonchev–Trinajstić information content (AvgIpc) is 2.57. The summed E-state index contributed by atoms with van der Waals surface area (Å²) in [5.41, 5.74) is 0. The van der Waals surface area contributed by atoms with Crippen molar-refractivity contribution in [3.05, 3.63) is 28.2 Å². The number of amides is 1. The quantitative estimate of drug-likeness (QED) is 0.782. The first-order valence-corrected chi connectivity index (χ1v) is 10.7. The Labute approximate surface area is 159 Å². The molecule has 1 aliphatic heterocycles. The molecule has 0 spiro atoms. The molecule has 1 aromatic rings. The van der Waals surface area contributed by atoms with Crippen LogP contribution in [0.2, 0.25) is 10.0 Å². The van der Waals surface area contributed by atoms with E-state index in [2.05, 4.69) is 12.2 Å². The van der Waals surface area contributed by atoms with E-state index in [1.54, 1.807) is 6.07 Å². The van der Waals surface area contributed by atoms with Gasteiger partial charge >= 0.3 is 0 Å². The Morgan fingerprint density at radius 2 is 1.96 bits per heavy atom. The van der Waals surface area contributed by atoms with Gasteiger partial charge in [0.2, 0.25) is 15.9 Å². The number of carbonyl (C=O) groups excluding carboxylic acids is 1. The second-order valence-electron chi connectivity index (χ2n) is 6.45. The van der Waals surface area contributed by atoms with E-state index < -0.39 is 10.0 Å². The van der Waals surface area contributed by atoms with Crippen molar-refractivity contribution < 1.29 is 13.2 Å². The Hall–Kier alpha value is -0.820. The lowest BCUT2D eigenvalue weighted by molar-refractivity contribution is -0.126. The molecule has 1 N–H and O–H groups in total. The molecule has 1 aliphatic rings. The van der Waals surface area contributed by atoms with E-state index in [4.69, 9.17) is 23.2 Å². The number of benzene rings is 1. The average molecular weight is 407 g/mol. The summed E-state index contributed by atoms with van der Waals surface area (Å²) in [5, 5.41) is 3.48. The number of hydrogen-bond acceptors (Lipinski definition) is 3. The molecule has 1 unspecified atom stereocenters. The van der Waals surface area contributed by atoms with Crippen LogP contribution >= 0.6 is 23.2 Å². The van der Waals surface area contributed by atoms with Crippen molar-refractivity contribution in [2.24, 2.45) is 5.92 Å². The molecule has 140 valence electrons. The molecule has 2 rings (SSSR count). The lowest BCUT2D eigenvalue weighted by Crippen LogP contribution is -2.44. The maximum absolute atomic E-state index is 12.8. The highest BCUT2D eigenvalue weighted by Gasteiger charge is 2.33. The van der Waals surface area contributed by atoms with Crippen LogP contribution in [0.4, 0.5) is 0 Å². The van der Waals surface area contributed by atoms with Crippen molar-refractivity contribution >= 4 is 39.1 Å². The zero-order valence-electron chi connectivity index (χ0n) is 14.5. The van der Waals surface area contributed by atoms with Gasteiger partial charge in [-0.2, -0.15) is 4.31 Å². The number of sulfonamides is 1. The van der Waals surface area contributed by atoms with Gasteiger partial charge < -0.3 is 5.32 Å². The Kier molecular flexibility index (Phi) is 7.14. The molecule has 0 radical (unpaired) electrons. The summed E-state index contributed by atoms with van der Waals surface area (Å²) in [4.78, 5) is 12.3. The minimum atomic E-state index is -3.71. The van der Waals surface area contributed by atoms with E-state index in [0.29, 0.717) is 31.0 Å². The molecule has 1 fully saturated rings. The van der Waals surface area contributed by atoms with Crippen molar-refractivity contribution in [3.63, 3.8) is 0 Å². The smallest absolute Gasteiger partial charge is 0.244 e. The molecule has 25 heavy (non-hydrogen) atoms. The molecule has 0 aliphatic carbocycles. The normalized spacial score (nSPS) is 18.1. The molecule has 1 atom stereocenters. The fraction of sp³-hybridized carbons (Fsp3) is 0.588.